The van der Waals surface area contributed by atoms with Crippen LogP contribution < -0.4 is 4.90 Å². The summed E-state index contributed by atoms with van der Waals surface area (Å²) in [6.45, 7) is 4.97. The van der Waals surface area contributed by atoms with Crippen molar-refractivity contribution in [1.29, 1.82) is 0 Å². The van der Waals surface area contributed by atoms with Crippen molar-refractivity contribution >= 4 is 11.4 Å². The van der Waals surface area contributed by atoms with Gasteiger partial charge in [-0.05, 0) is 25.0 Å². The number of anilines is 1. The summed E-state index contributed by atoms with van der Waals surface area (Å²) in [5, 5.41) is 11.0. The number of nitro groups is 1. The number of rotatable bonds is 6. The Kier molecular flexibility index (Phi) is 5.35. The van der Waals surface area contributed by atoms with Crippen molar-refractivity contribution in [3.05, 3.63) is 33.9 Å². The van der Waals surface area contributed by atoms with Crippen LogP contribution in [0.3, 0.4) is 0 Å². The molecule has 1 aromatic carbocycles. The van der Waals surface area contributed by atoms with Gasteiger partial charge >= 0.3 is 6.18 Å². The van der Waals surface area contributed by atoms with Gasteiger partial charge < -0.3 is 4.90 Å². The molecular weight excluding hydrogens is 273 g/mol. The summed E-state index contributed by atoms with van der Waals surface area (Å²) in [4.78, 5) is 12.0. The summed E-state index contributed by atoms with van der Waals surface area (Å²) in [7, 11) is 0. The third kappa shape index (κ3) is 3.85. The number of halogens is 3. The highest BCUT2D eigenvalue weighted by Gasteiger charge is 2.33. The molecule has 0 saturated carbocycles. The molecule has 0 aliphatic heterocycles. The Hall–Kier alpha value is -1.79. The third-order valence-corrected chi connectivity index (χ3v) is 2.83. The zero-order chi connectivity index (χ0) is 15.3. The van der Waals surface area contributed by atoms with E-state index in [4.69, 9.17) is 0 Å². The summed E-state index contributed by atoms with van der Waals surface area (Å²) >= 11 is 0. The van der Waals surface area contributed by atoms with Crippen LogP contribution in [0, 0.1) is 10.1 Å². The van der Waals surface area contributed by atoms with E-state index in [9.17, 15) is 23.3 Å². The molecule has 4 nitrogen and oxygen atoms in total. The molecule has 0 amide bonds. The van der Waals surface area contributed by atoms with Crippen LogP contribution in [0.5, 0.6) is 0 Å². The molecular formula is C13H17F3N2O2. The van der Waals surface area contributed by atoms with Gasteiger partial charge in [0.1, 0.15) is 5.69 Å². The zero-order valence-electron chi connectivity index (χ0n) is 11.4. The van der Waals surface area contributed by atoms with Gasteiger partial charge in [0.15, 0.2) is 0 Å². The van der Waals surface area contributed by atoms with Gasteiger partial charge in [0, 0.05) is 19.2 Å². The number of alkyl halides is 3. The SMILES string of the molecule is CCCN(CCC)c1ccc(C(F)(F)F)cc1[N+](=O)[O-]. The Balaban J connectivity index is 3.28. The van der Waals surface area contributed by atoms with E-state index >= 15 is 0 Å². The number of nitrogens with zero attached hydrogens (tertiary/aromatic N) is 2. The highest BCUT2D eigenvalue weighted by atomic mass is 19.4. The molecule has 0 atom stereocenters. The van der Waals surface area contributed by atoms with E-state index in [2.05, 4.69) is 0 Å². The fourth-order valence-electron chi connectivity index (χ4n) is 2.01. The van der Waals surface area contributed by atoms with Crippen molar-refractivity contribution in [1.82, 2.24) is 0 Å². The Morgan fingerprint density at radius 1 is 1.20 bits per heavy atom. The Labute approximate surface area is 115 Å². The average Bonchev–Trinajstić information content (AvgIpc) is 2.36. The number of hydrogen-bond acceptors (Lipinski definition) is 3. The summed E-state index contributed by atoms with van der Waals surface area (Å²) in [5.41, 5.74) is -1.26. The molecule has 20 heavy (non-hydrogen) atoms. The highest BCUT2D eigenvalue weighted by molar-refractivity contribution is 5.64. The van der Waals surface area contributed by atoms with Gasteiger partial charge in [-0.1, -0.05) is 13.8 Å². The molecule has 0 saturated heterocycles. The molecule has 0 aliphatic rings. The lowest BCUT2D eigenvalue weighted by atomic mass is 10.1. The minimum Gasteiger partial charge on any atom is -0.366 e. The fraction of sp³-hybridized carbons (Fsp3) is 0.538. The van der Waals surface area contributed by atoms with Gasteiger partial charge in [-0.25, -0.2) is 0 Å². The maximum Gasteiger partial charge on any atom is 0.416 e. The molecule has 0 heterocycles. The first-order valence-corrected chi connectivity index (χ1v) is 6.41. The maximum absolute atomic E-state index is 12.6. The predicted molar refractivity (Wildman–Crippen MR) is 70.9 cm³/mol. The lowest BCUT2D eigenvalue weighted by molar-refractivity contribution is -0.384. The summed E-state index contributed by atoms with van der Waals surface area (Å²) < 4.78 is 37.9. The molecule has 0 spiro atoms. The van der Waals surface area contributed by atoms with E-state index < -0.39 is 22.4 Å². The van der Waals surface area contributed by atoms with E-state index in [-0.39, 0.29) is 5.69 Å². The van der Waals surface area contributed by atoms with Crippen molar-refractivity contribution in [3.8, 4) is 0 Å². The normalized spacial score (nSPS) is 11.4. The standard InChI is InChI=1S/C13H17F3N2O2/c1-3-7-17(8-4-2)11-6-5-10(13(14,15)16)9-12(11)18(19)20/h5-6,9H,3-4,7-8H2,1-2H3. The smallest absolute Gasteiger partial charge is 0.366 e. The van der Waals surface area contributed by atoms with E-state index in [1.807, 2.05) is 13.8 Å². The number of nitro benzene ring substituents is 1. The van der Waals surface area contributed by atoms with Gasteiger partial charge in [-0.15, -0.1) is 0 Å². The monoisotopic (exact) mass is 290 g/mol. The highest BCUT2D eigenvalue weighted by Crippen LogP contribution is 2.36. The largest absolute Gasteiger partial charge is 0.416 e. The molecule has 0 bridgehead atoms. The van der Waals surface area contributed by atoms with Gasteiger partial charge in [0.05, 0.1) is 10.5 Å². The summed E-state index contributed by atoms with van der Waals surface area (Å²) in [6.07, 6.45) is -3.06. The molecule has 0 aromatic heterocycles. The number of hydrogen-bond donors (Lipinski definition) is 0. The summed E-state index contributed by atoms with van der Waals surface area (Å²) in [5.74, 6) is 0. The van der Waals surface area contributed by atoms with Crippen molar-refractivity contribution in [2.24, 2.45) is 0 Å². The second-order valence-corrected chi connectivity index (χ2v) is 4.45. The van der Waals surface area contributed by atoms with Gasteiger partial charge in [-0.2, -0.15) is 13.2 Å². The van der Waals surface area contributed by atoms with Crippen LogP contribution in [0.2, 0.25) is 0 Å². The molecule has 1 aromatic rings. The van der Waals surface area contributed by atoms with Crippen molar-refractivity contribution < 1.29 is 18.1 Å². The molecule has 0 aliphatic carbocycles. The number of benzene rings is 1. The second-order valence-electron chi connectivity index (χ2n) is 4.45. The van der Waals surface area contributed by atoms with Crippen LogP contribution in [0.15, 0.2) is 18.2 Å². The average molecular weight is 290 g/mol. The van der Waals surface area contributed by atoms with Crippen LogP contribution in [0.25, 0.3) is 0 Å². The molecule has 1 rings (SSSR count). The first-order valence-electron chi connectivity index (χ1n) is 6.41. The molecule has 7 heteroatoms. The van der Waals surface area contributed by atoms with E-state index in [1.165, 1.54) is 6.07 Å². The molecule has 0 N–H and O–H groups in total. The van der Waals surface area contributed by atoms with Crippen molar-refractivity contribution in [3.63, 3.8) is 0 Å². The quantitative estimate of drug-likeness (QED) is 0.581. The first kappa shape index (κ1) is 16.3. The van der Waals surface area contributed by atoms with Crippen molar-refractivity contribution in [2.75, 3.05) is 18.0 Å². The topological polar surface area (TPSA) is 46.4 Å². The van der Waals surface area contributed by atoms with Crippen LogP contribution in [-0.2, 0) is 6.18 Å². The Morgan fingerprint density at radius 3 is 2.15 bits per heavy atom. The fourth-order valence-corrected chi connectivity index (χ4v) is 2.01. The van der Waals surface area contributed by atoms with Gasteiger partial charge in [-0.3, -0.25) is 10.1 Å². The van der Waals surface area contributed by atoms with Crippen LogP contribution in [0.1, 0.15) is 32.3 Å². The minimum absolute atomic E-state index is 0.242. The lowest BCUT2D eigenvalue weighted by Gasteiger charge is -2.23. The van der Waals surface area contributed by atoms with Crippen LogP contribution in [-0.4, -0.2) is 18.0 Å². The van der Waals surface area contributed by atoms with E-state index in [1.54, 1.807) is 4.90 Å². The second kappa shape index (κ2) is 6.58. The van der Waals surface area contributed by atoms with Crippen LogP contribution in [0.4, 0.5) is 24.5 Å². The molecule has 0 fully saturated rings. The zero-order valence-corrected chi connectivity index (χ0v) is 11.4. The maximum atomic E-state index is 12.6. The summed E-state index contributed by atoms with van der Waals surface area (Å²) in [6, 6.07) is 2.68. The van der Waals surface area contributed by atoms with Crippen molar-refractivity contribution in [2.45, 2.75) is 32.9 Å². The Bertz CT molecular complexity index is 469. The molecule has 0 radical (unpaired) electrons. The molecule has 112 valence electrons. The van der Waals surface area contributed by atoms with Gasteiger partial charge in [0.25, 0.3) is 5.69 Å². The Morgan fingerprint density at radius 2 is 1.75 bits per heavy atom. The van der Waals surface area contributed by atoms with Crippen LogP contribution >= 0.6 is 0 Å². The van der Waals surface area contributed by atoms with Gasteiger partial charge in [0.2, 0.25) is 0 Å². The molecule has 0 unspecified atom stereocenters. The van der Waals surface area contributed by atoms with E-state index in [0.717, 1.165) is 18.9 Å². The minimum atomic E-state index is -4.58. The predicted octanol–water partition coefficient (Wildman–Crippen LogP) is 4.24. The third-order valence-electron chi connectivity index (χ3n) is 2.83. The van der Waals surface area contributed by atoms with E-state index in [0.29, 0.717) is 19.2 Å². The first-order chi connectivity index (χ1) is 9.31. The lowest BCUT2D eigenvalue weighted by Crippen LogP contribution is -2.25.